The molecule has 0 bridgehead atoms. The fourth-order valence-corrected chi connectivity index (χ4v) is 4.51. The number of rotatable bonds is 5. The Kier molecular flexibility index (Phi) is 5.50. The molecule has 0 spiro atoms. The number of ether oxygens (including phenoxy) is 1. The van der Waals surface area contributed by atoms with Crippen LogP contribution in [0.3, 0.4) is 0 Å². The second-order valence-corrected chi connectivity index (χ2v) is 8.43. The van der Waals surface area contributed by atoms with Gasteiger partial charge in [-0.1, -0.05) is 12.1 Å². The molecule has 0 radical (unpaired) electrons. The van der Waals surface area contributed by atoms with Crippen molar-refractivity contribution in [3.05, 3.63) is 48.0 Å². The number of nitrogens with zero attached hydrogens (tertiary/aromatic N) is 2. The number of benzene rings is 2. The summed E-state index contributed by atoms with van der Waals surface area (Å²) in [6.07, 6.45) is 0. The predicted molar refractivity (Wildman–Crippen MR) is 102 cm³/mol. The lowest BCUT2D eigenvalue weighted by Gasteiger charge is -2.31. The molecular formula is C19H22N2O5S. The molecule has 8 heteroatoms. The van der Waals surface area contributed by atoms with E-state index in [2.05, 4.69) is 4.90 Å². The lowest BCUT2D eigenvalue weighted by Crippen LogP contribution is -2.47. The SMILES string of the molecule is COc1cccc(-c2cc(C(=O)O)cc(S(=O)(=O)N3CCN(C)CC3)c2)c1. The molecule has 1 N–H and O–H groups in total. The van der Waals surface area contributed by atoms with Crippen molar-refractivity contribution in [2.45, 2.75) is 4.90 Å². The second kappa shape index (κ2) is 7.67. The molecule has 7 nitrogen and oxygen atoms in total. The van der Waals surface area contributed by atoms with E-state index in [1.165, 1.54) is 29.6 Å². The third-order valence-corrected chi connectivity index (χ3v) is 6.53. The van der Waals surface area contributed by atoms with Crippen LogP contribution in [0.2, 0.25) is 0 Å². The van der Waals surface area contributed by atoms with Gasteiger partial charge in [0.25, 0.3) is 0 Å². The first-order valence-corrected chi connectivity index (χ1v) is 9.97. The highest BCUT2D eigenvalue weighted by atomic mass is 32.2. The first kappa shape index (κ1) is 19.3. The zero-order chi connectivity index (χ0) is 19.6. The van der Waals surface area contributed by atoms with Gasteiger partial charge in [-0.25, -0.2) is 13.2 Å². The van der Waals surface area contributed by atoms with E-state index in [0.717, 1.165) is 0 Å². The van der Waals surface area contributed by atoms with E-state index in [-0.39, 0.29) is 10.5 Å². The summed E-state index contributed by atoms with van der Waals surface area (Å²) in [6, 6.07) is 11.3. The molecule has 0 aliphatic carbocycles. The van der Waals surface area contributed by atoms with Crippen molar-refractivity contribution in [3.63, 3.8) is 0 Å². The topological polar surface area (TPSA) is 87.1 Å². The highest BCUT2D eigenvalue weighted by Gasteiger charge is 2.28. The number of sulfonamides is 1. The van der Waals surface area contributed by atoms with Gasteiger partial charge in [0.2, 0.25) is 10.0 Å². The van der Waals surface area contributed by atoms with Crippen molar-refractivity contribution in [3.8, 4) is 16.9 Å². The first-order chi connectivity index (χ1) is 12.8. The third kappa shape index (κ3) is 4.13. The standard InChI is InChI=1S/C19H22N2O5S/c1-20-6-8-21(9-7-20)27(24,25)18-12-15(10-16(13-18)19(22)23)14-4-3-5-17(11-14)26-2/h3-5,10-13H,6-9H2,1-2H3,(H,22,23). The normalized spacial score (nSPS) is 16.2. The minimum Gasteiger partial charge on any atom is -0.497 e. The molecule has 2 aromatic rings. The van der Waals surface area contributed by atoms with E-state index >= 15 is 0 Å². The Morgan fingerprint density at radius 1 is 1.04 bits per heavy atom. The van der Waals surface area contributed by atoms with Crippen LogP contribution < -0.4 is 4.74 Å². The van der Waals surface area contributed by atoms with Crippen LogP contribution in [0.25, 0.3) is 11.1 Å². The number of piperazine rings is 1. The van der Waals surface area contributed by atoms with Gasteiger partial charge >= 0.3 is 5.97 Å². The number of carbonyl (C=O) groups is 1. The highest BCUT2D eigenvalue weighted by Crippen LogP contribution is 2.29. The van der Waals surface area contributed by atoms with Gasteiger partial charge in [-0.2, -0.15) is 4.31 Å². The lowest BCUT2D eigenvalue weighted by atomic mass is 10.0. The van der Waals surface area contributed by atoms with Crippen LogP contribution in [-0.2, 0) is 10.0 Å². The van der Waals surface area contributed by atoms with Gasteiger partial charge in [0.1, 0.15) is 5.75 Å². The molecule has 1 aliphatic heterocycles. The largest absolute Gasteiger partial charge is 0.497 e. The second-order valence-electron chi connectivity index (χ2n) is 6.49. The van der Waals surface area contributed by atoms with Crippen LogP contribution >= 0.6 is 0 Å². The summed E-state index contributed by atoms with van der Waals surface area (Å²) in [5.74, 6) is -0.564. The third-order valence-electron chi connectivity index (χ3n) is 4.66. The van der Waals surface area contributed by atoms with Crippen molar-refractivity contribution in [2.24, 2.45) is 0 Å². The summed E-state index contributed by atoms with van der Waals surface area (Å²) in [5.41, 5.74) is 1.14. The monoisotopic (exact) mass is 390 g/mol. The fourth-order valence-electron chi connectivity index (χ4n) is 3.02. The first-order valence-electron chi connectivity index (χ1n) is 8.53. The molecule has 1 fully saturated rings. The zero-order valence-electron chi connectivity index (χ0n) is 15.3. The van der Waals surface area contributed by atoms with Crippen LogP contribution in [0.4, 0.5) is 0 Å². The van der Waals surface area contributed by atoms with Crippen LogP contribution in [-0.4, -0.2) is 69.0 Å². The van der Waals surface area contributed by atoms with Crippen LogP contribution in [0.15, 0.2) is 47.4 Å². The maximum atomic E-state index is 13.1. The molecule has 144 valence electrons. The zero-order valence-corrected chi connectivity index (χ0v) is 16.1. The van der Waals surface area contributed by atoms with E-state index in [4.69, 9.17) is 4.74 Å². The Bertz CT molecular complexity index is 950. The summed E-state index contributed by atoms with van der Waals surface area (Å²) in [4.78, 5) is 13.6. The molecule has 0 unspecified atom stereocenters. The number of hydrogen-bond donors (Lipinski definition) is 1. The average molecular weight is 390 g/mol. The van der Waals surface area contributed by atoms with E-state index in [0.29, 0.717) is 43.1 Å². The molecule has 1 aliphatic rings. The molecule has 1 saturated heterocycles. The number of carboxylic acid groups (broad SMARTS) is 1. The lowest BCUT2D eigenvalue weighted by molar-refractivity contribution is 0.0696. The Balaban J connectivity index is 2.07. The smallest absolute Gasteiger partial charge is 0.335 e. The number of hydrogen-bond acceptors (Lipinski definition) is 5. The summed E-state index contributed by atoms with van der Waals surface area (Å²) in [6.45, 7) is 2.04. The average Bonchev–Trinajstić information content (AvgIpc) is 2.68. The Labute approximate surface area is 158 Å². The van der Waals surface area contributed by atoms with Gasteiger partial charge in [-0.05, 0) is 48.5 Å². The van der Waals surface area contributed by atoms with Crippen LogP contribution in [0, 0.1) is 0 Å². The highest BCUT2D eigenvalue weighted by molar-refractivity contribution is 7.89. The summed E-state index contributed by atoms with van der Waals surface area (Å²) < 4.78 is 32.7. The van der Waals surface area contributed by atoms with Gasteiger partial charge in [-0.3, -0.25) is 0 Å². The van der Waals surface area contributed by atoms with Crippen molar-refractivity contribution in [2.75, 3.05) is 40.3 Å². The number of aromatic carboxylic acids is 1. The minimum atomic E-state index is -3.78. The van der Waals surface area contributed by atoms with Gasteiger partial charge in [-0.15, -0.1) is 0 Å². The maximum Gasteiger partial charge on any atom is 0.335 e. The van der Waals surface area contributed by atoms with Crippen LogP contribution in [0.5, 0.6) is 5.75 Å². The molecule has 0 aromatic heterocycles. The maximum absolute atomic E-state index is 13.1. The van der Waals surface area contributed by atoms with Gasteiger partial charge < -0.3 is 14.7 Å². The Hall–Kier alpha value is -2.42. The van der Waals surface area contributed by atoms with Crippen molar-refractivity contribution >= 4 is 16.0 Å². The Morgan fingerprint density at radius 3 is 2.37 bits per heavy atom. The summed E-state index contributed by atoms with van der Waals surface area (Å²) >= 11 is 0. The molecule has 0 amide bonds. The van der Waals surface area contributed by atoms with Crippen LogP contribution in [0.1, 0.15) is 10.4 Å². The van der Waals surface area contributed by atoms with E-state index in [9.17, 15) is 18.3 Å². The fraction of sp³-hybridized carbons (Fsp3) is 0.316. The van der Waals surface area contributed by atoms with Crippen molar-refractivity contribution < 1.29 is 23.1 Å². The summed E-state index contributed by atoms with van der Waals surface area (Å²) in [7, 11) is -0.297. The van der Waals surface area contributed by atoms with E-state index in [1.807, 2.05) is 7.05 Å². The van der Waals surface area contributed by atoms with Gasteiger partial charge in [0.15, 0.2) is 0 Å². The number of likely N-dealkylation sites (N-methyl/N-ethyl adjacent to an activating group) is 1. The Morgan fingerprint density at radius 2 is 1.74 bits per heavy atom. The molecule has 0 saturated carbocycles. The molecule has 0 atom stereocenters. The van der Waals surface area contributed by atoms with E-state index < -0.39 is 16.0 Å². The molecule has 1 heterocycles. The van der Waals surface area contributed by atoms with Gasteiger partial charge in [0.05, 0.1) is 17.6 Å². The van der Waals surface area contributed by atoms with Gasteiger partial charge in [0, 0.05) is 26.2 Å². The number of carboxylic acids is 1. The van der Waals surface area contributed by atoms with Crippen molar-refractivity contribution in [1.29, 1.82) is 0 Å². The predicted octanol–water partition coefficient (Wildman–Crippen LogP) is 2.00. The summed E-state index contributed by atoms with van der Waals surface area (Å²) in [5, 5.41) is 9.45. The molecule has 27 heavy (non-hydrogen) atoms. The molecular weight excluding hydrogens is 368 g/mol. The molecule has 3 rings (SSSR count). The minimum absolute atomic E-state index is 0.00947. The number of methoxy groups -OCH3 is 1. The molecule has 2 aromatic carbocycles. The van der Waals surface area contributed by atoms with E-state index in [1.54, 1.807) is 24.3 Å². The van der Waals surface area contributed by atoms with Crippen molar-refractivity contribution in [1.82, 2.24) is 9.21 Å². The quantitative estimate of drug-likeness (QED) is 0.840.